The van der Waals surface area contributed by atoms with Crippen molar-refractivity contribution in [3.8, 4) is 0 Å². The molecule has 0 aliphatic rings. The van der Waals surface area contributed by atoms with Crippen LogP contribution in [0.25, 0.3) is 0 Å². The molecule has 0 aliphatic heterocycles. The molecule has 3 heteroatoms. The number of nitrogens with two attached hydrogens (primary N) is 1. The number of hydrogen-bond donors (Lipinski definition) is 2. The summed E-state index contributed by atoms with van der Waals surface area (Å²) in [5.74, 6) is 0. The van der Waals surface area contributed by atoms with Gasteiger partial charge in [0.1, 0.15) is 0 Å². The van der Waals surface area contributed by atoms with Gasteiger partial charge in [-0.2, -0.15) is 0 Å². The van der Waals surface area contributed by atoms with E-state index in [1.807, 2.05) is 13.0 Å². The minimum Gasteiger partial charge on any atom is -0.387 e. The van der Waals surface area contributed by atoms with Crippen LogP contribution in [0.2, 0.25) is 0 Å². The van der Waals surface area contributed by atoms with Crippen molar-refractivity contribution in [2.45, 2.75) is 13.0 Å². The molecule has 0 fully saturated rings. The van der Waals surface area contributed by atoms with E-state index in [0.717, 1.165) is 11.1 Å². The number of aliphatic hydroxyl groups is 1. The second-order valence-corrected chi connectivity index (χ2v) is 2.48. The molecule has 3 nitrogen and oxygen atoms in total. The average Bonchev–Trinajstić information content (AvgIpc) is 2.04. The molecule has 0 aromatic carbocycles. The first-order valence-corrected chi connectivity index (χ1v) is 3.54. The topological polar surface area (TPSA) is 59.1 Å². The fourth-order valence-corrected chi connectivity index (χ4v) is 0.952. The van der Waals surface area contributed by atoms with Crippen LogP contribution in [-0.4, -0.2) is 16.6 Å². The fraction of sp³-hybridized carbons (Fsp3) is 0.375. The van der Waals surface area contributed by atoms with Gasteiger partial charge >= 0.3 is 0 Å². The van der Waals surface area contributed by atoms with E-state index in [4.69, 9.17) is 5.73 Å². The molecule has 1 atom stereocenters. The Labute approximate surface area is 65.9 Å². The van der Waals surface area contributed by atoms with Crippen molar-refractivity contribution in [2.75, 3.05) is 6.54 Å². The van der Waals surface area contributed by atoms with Gasteiger partial charge in [0, 0.05) is 24.5 Å². The monoisotopic (exact) mass is 152 g/mol. The summed E-state index contributed by atoms with van der Waals surface area (Å²) in [7, 11) is 0. The van der Waals surface area contributed by atoms with Crippen molar-refractivity contribution in [3.63, 3.8) is 0 Å². The zero-order valence-corrected chi connectivity index (χ0v) is 6.49. The van der Waals surface area contributed by atoms with Gasteiger partial charge in [-0.15, -0.1) is 0 Å². The van der Waals surface area contributed by atoms with Gasteiger partial charge in [-0.1, -0.05) is 0 Å². The predicted molar refractivity (Wildman–Crippen MR) is 43.0 cm³/mol. The maximum Gasteiger partial charge on any atom is 0.0929 e. The summed E-state index contributed by atoms with van der Waals surface area (Å²) in [6.07, 6.45) is 2.76. The summed E-state index contributed by atoms with van der Waals surface area (Å²) >= 11 is 0. The Hall–Kier alpha value is -0.930. The van der Waals surface area contributed by atoms with Crippen molar-refractivity contribution in [3.05, 3.63) is 29.6 Å². The lowest BCUT2D eigenvalue weighted by Crippen LogP contribution is -2.12. The lowest BCUT2D eigenvalue weighted by atomic mass is 10.1. The van der Waals surface area contributed by atoms with E-state index < -0.39 is 6.10 Å². The van der Waals surface area contributed by atoms with Crippen LogP contribution in [0, 0.1) is 6.92 Å². The van der Waals surface area contributed by atoms with Crippen LogP contribution in [-0.2, 0) is 0 Å². The van der Waals surface area contributed by atoms with E-state index in [0.29, 0.717) is 0 Å². The van der Waals surface area contributed by atoms with E-state index >= 15 is 0 Å². The molecule has 3 N–H and O–H groups in total. The minimum absolute atomic E-state index is 0.243. The Morgan fingerprint density at radius 1 is 1.73 bits per heavy atom. The van der Waals surface area contributed by atoms with Gasteiger partial charge in [0.15, 0.2) is 0 Å². The summed E-state index contributed by atoms with van der Waals surface area (Å²) in [5, 5.41) is 9.35. The molecule has 0 radical (unpaired) electrons. The third kappa shape index (κ3) is 1.76. The van der Waals surface area contributed by atoms with Gasteiger partial charge in [-0.05, 0) is 18.6 Å². The third-order valence-electron chi connectivity index (χ3n) is 1.66. The molecule has 1 aromatic rings. The summed E-state index contributed by atoms with van der Waals surface area (Å²) in [6, 6.07) is 1.86. The molecular formula is C8H12N2O. The minimum atomic E-state index is -0.580. The number of nitrogens with zero attached hydrogens (tertiary/aromatic N) is 1. The van der Waals surface area contributed by atoms with Crippen molar-refractivity contribution < 1.29 is 5.11 Å². The second-order valence-electron chi connectivity index (χ2n) is 2.48. The van der Waals surface area contributed by atoms with Crippen LogP contribution < -0.4 is 5.73 Å². The van der Waals surface area contributed by atoms with Crippen LogP contribution in [0.4, 0.5) is 0 Å². The van der Waals surface area contributed by atoms with Crippen LogP contribution in [0.1, 0.15) is 17.2 Å². The van der Waals surface area contributed by atoms with E-state index in [1.54, 1.807) is 12.4 Å². The number of aliphatic hydroxyl groups excluding tert-OH is 1. The van der Waals surface area contributed by atoms with Crippen LogP contribution in [0.3, 0.4) is 0 Å². The molecule has 1 rings (SSSR count). The van der Waals surface area contributed by atoms with Gasteiger partial charge in [-0.3, -0.25) is 4.98 Å². The lowest BCUT2D eigenvalue weighted by Gasteiger charge is -2.09. The van der Waals surface area contributed by atoms with E-state index in [1.165, 1.54) is 0 Å². The number of hydrogen-bond acceptors (Lipinski definition) is 3. The van der Waals surface area contributed by atoms with Gasteiger partial charge in [0.25, 0.3) is 0 Å². The number of aromatic nitrogens is 1. The van der Waals surface area contributed by atoms with Crippen molar-refractivity contribution in [1.29, 1.82) is 0 Å². The highest BCUT2D eigenvalue weighted by Crippen LogP contribution is 2.13. The SMILES string of the molecule is Cc1ccncc1[C@@H](O)CN. The average molecular weight is 152 g/mol. The van der Waals surface area contributed by atoms with E-state index in [-0.39, 0.29) is 6.54 Å². The van der Waals surface area contributed by atoms with Crippen molar-refractivity contribution in [2.24, 2.45) is 5.73 Å². The Morgan fingerprint density at radius 2 is 2.45 bits per heavy atom. The number of pyridine rings is 1. The van der Waals surface area contributed by atoms with Crippen LogP contribution >= 0.6 is 0 Å². The van der Waals surface area contributed by atoms with Gasteiger partial charge < -0.3 is 10.8 Å². The zero-order valence-electron chi connectivity index (χ0n) is 6.49. The fourth-order valence-electron chi connectivity index (χ4n) is 0.952. The van der Waals surface area contributed by atoms with Crippen LogP contribution in [0.5, 0.6) is 0 Å². The molecule has 0 aliphatic carbocycles. The molecule has 0 spiro atoms. The predicted octanol–water partition coefficient (Wildman–Crippen LogP) is 0.382. The van der Waals surface area contributed by atoms with E-state index in [2.05, 4.69) is 4.98 Å². The number of rotatable bonds is 2. The first-order chi connectivity index (χ1) is 5.25. The van der Waals surface area contributed by atoms with Gasteiger partial charge in [-0.25, -0.2) is 0 Å². The first kappa shape index (κ1) is 8.17. The highest BCUT2D eigenvalue weighted by molar-refractivity contribution is 5.23. The quantitative estimate of drug-likeness (QED) is 0.644. The largest absolute Gasteiger partial charge is 0.387 e. The summed E-state index contributed by atoms with van der Waals surface area (Å²) < 4.78 is 0. The molecule has 1 heterocycles. The molecule has 11 heavy (non-hydrogen) atoms. The standard InChI is InChI=1S/C8H12N2O/c1-6-2-3-10-5-7(6)8(11)4-9/h2-3,5,8,11H,4,9H2,1H3/t8-/m0/s1. The van der Waals surface area contributed by atoms with Crippen LogP contribution in [0.15, 0.2) is 18.5 Å². The molecule has 0 saturated heterocycles. The van der Waals surface area contributed by atoms with Crippen molar-refractivity contribution in [1.82, 2.24) is 4.98 Å². The highest BCUT2D eigenvalue weighted by atomic mass is 16.3. The van der Waals surface area contributed by atoms with Crippen molar-refractivity contribution >= 4 is 0 Å². The van der Waals surface area contributed by atoms with Gasteiger partial charge in [0.05, 0.1) is 6.10 Å². The normalized spacial score (nSPS) is 13.0. The van der Waals surface area contributed by atoms with E-state index in [9.17, 15) is 5.11 Å². The zero-order chi connectivity index (χ0) is 8.27. The Bertz CT molecular complexity index is 237. The molecule has 0 bridgehead atoms. The number of aryl methyl sites for hydroxylation is 1. The highest BCUT2D eigenvalue weighted by Gasteiger charge is 2.06. The molecule has 0 amide bonds. The smallest absolute Gasteiger partial charge is 0.0929 e. The summed E-state index contributed by atoms with van der Waals surface area (Å²) in [4.78, 5) is 3.90. The maximum atomic E-state index is 9.35. The Balaban J connectivity index is 2.93. The second kappa shape index (κ2) is 3.46. The molecule has 0 unspecified atom stereocenters. The molecule has 0 saturated carbocycles. The third-order valence-corrected chi connectivity index (χ3v) is 1.66. The van der Waals surface area contributed by atoms with Gasteiger partial charge in [0.2, 0.25) is 0 Å². The Kier molecular flexibility index (Phi) is 2.57. The summed E-state index contributed by atoms with van der Waals surface area (Å²) in [5.41, 5.74) is 7.14. The molecule has 60 valence electrons. The Morgan fingerprint density at radius 3 is 3.00 bits per heavy atom. The first-order valence-electron chi connectivity index (χ1n) is 3.54. The summed E-state index contributed by atoms with van der Waals surface area (Å²) in [6.45, 7) is 2.17. The lowest BCUT2D eigenvalue weighted by molar-refractivity contribution is 0.185. The molecular weight excluding hydrogens is 140 g/mol. The molecule has 1 aromatic heterocycles. The maximum absolute atomic E-state index is 9.35.